The van der Waals surface area contributed by atoms with E-state index in [4.69, 9.17) is 0 Å². The molecule has 1 aromatic heterocycles. The molecule has 3 rings (SSSR count). The Morgan fingerprint density at radius 1 is 1.43 bits per heavy atom. The molecule has 2 aromatic rings. The molecule has 1 aromatic carbocycles. The first-order valence-electron chi connectivity index (χ1n) is 7.11. The molecule has 1 aliphatic carbocycles. The number of aromatic nitrogens is 2. The van der Waals surface area contributed by atoms with Crippen molar-refractivity contribution in [2.24, 2.45) is 0 Å². The lowest BCUT2D eigenvalue weighted by Crippen LogP contribution is -2.26. The van der Waals surface area contributed by atoms with E-state index >= 15 is 0 Å². The van der Waals surface area contributed by atoms with Crippen LogP contribution in [0.4, 0.5) is 0 Å². The van der Waals surface area contributed by atoms with Gasteiger partial charge in [-0.15, -0.1) is 11.8 Å². The minimum Gasteiger partial charge on any atom is -0.336 e. The van der Waals surface area contributed by atoms with E-state index in [2.05, 4.69) is 28.6 Å². The van der Waals surface area contributed by atoms with Crippen LogP contribution in [0.2, 0.25) is 0 Å². The van der Waals surface area contributed by atoms with Gasteiger partial charge in [-0.2, -0.15) is 5.10 Å². The van der Waals surface area contributed by atoms with Crippen LogP contribution in [-0.4, -0.2) is 34.3 Å². The minimum absolute atomic E-state index is 0.0345. The van der Waals surface area contributed by atoms with Crippen molar-refractivity contribution >= 4 is 17.7 Å². The molecular weight excluding hydrogens is 282 g/mol. The quantitative estimate of drug-likeness (QED) is 0.862. The summed E-state index contributed by atoms with van der Waals surface area (Å²) in [7, 11) is 1.82. The Hall–Kier alpha value is -1.75. The highest BCUT2D eigenvalue weighted by molar-refractivity contribution is 7.98. The van der Waals surface area contributed by atoms with Gasteiger partial charge in [-0.05, 0) is 42.9 Å². The Labute approximate surface area is 128 Å². The first-order chi connectivity index (χ1) is 10.2. The SMILES string of the molecule is CSc1cccc(CN(C)C(=O)c2cc(C3CC3)[nH]n2)c1. The van der Waals surface area contributed by atoms with Crippen molar-refractivity contribution in [2.45, 2.75) is 30.2 Å². The molecule has 0 unspecified atom stereocenters. The van der Waals surface area contributed by atoms with Gasteiger partial charge in [0.2, 0.25) is 0 Å². The van der Waals surface area contributed by atoms with Crippen molar-refractivity contribution in [2.75, 3.05) is 13.3 Å². The van der Waals surface area contributed by atoms with Crippen molar-refractivity contribution in [3.8, 4) is 0 Å². The lowest BCUT2D eigenvalue weighted by atomic mass is 10.2. The van der Waals surface area contributed by atoms with E-state index in [1.807, 2.05) is 25.2 Å². The fourth-order valence-electron chi connectivity index (χ4n) is 2.36. The van der Waals surface area contributed by atoms with E-state index < -0.39 is 0 Å². The minimum atomic E-state index is -0.0345. The molecule has 1 aliphatic rings. The van der Waals surface area contributed by atoms with E-state index in [1.54, 1.807) is 16.7 Å². The van der Waals surface area contributed by atoms with Crippen LogP contribution in [-0.2, 0) is 6.54 Å². The Bertz CT molecular complexity index is 648. The lowest BCUT2D eigenvalue weighted by molar-refractivity contribution is 0.0779. The van der Waals surface area contributed by atoms with Crippen molar-refractivity contribution in [3.05, 3.63) is 47.3 Å². The third-order valence-corrected chi connectivity index (χ3v) is 4.46. The number of nitrogens with zero attached hydrogens (tertiary/aromatic N) is 2. The average Bonchev–Trinajstić information content (AvgIpc) is 3.24. The smallest absolute Gasteiger partial charge is 0.274 e. The second kappa shape index (κ2) is 5.93. The summed E-state index contributed by atoms with van der Waals surface area (Å²) < 4.78 is 0. The third kappa shape index (κ3) is 3.29. The van der Waals surface area contributed by atoms with E-state index in [1.165, 1.54) is 17.7 Å². The first kappa shape index (κ1) is 14.2. The summed E-state index contributed by atoms with van der Waals surface area (Å²) >= 11 is 1.71. The van der Waals surface area contributed by atoms with Gasteiger partial charge in [0, 0.05) is 30.1 Å². The molecule has 0 spiro atoms. The molecule has 1 amide bonds. The molecule has 1 N–H and O–H groups in total. The molecule has 1 heterocycles. The topological polar surface area (TPSA) is 49.0 Å². The number of hydrogen-bond donors (Lipinski definition) is 1. The summed E-state index contributed by atoms with van der Waals surface area (Å²) in [5.74, 6) is 0.551. The van der Waals surface area contributed by atoms with Gasteiger partial charge in [0.15, 0.2) is 0 Å². The number of amides is 1. The average molecular weight is 301 g/mol. The summed E-state index contributed by atoms with van der Waals surface area (Å²) in [6.07, 6.45) is 4.46. The van der Waals surface area contributed by atoms with E-state index in [0.29, 0.717) is 18.2 Å². The third-order valence-electron chi connectivity index (χ3n) is 3.73. The van der Waals surface area contributed by atoms with Gasteiger partial charge < -0.3 is 4.90 Å². The number of hydrogen-bond acceptors (Lipinski definition) is 3. The van der Waals surface area contributed by atoms with Crippen LogP contribution in [0.1, 0.15) is 40.5 Å². The molecular formula is C16H19N3OS. The maximum Gasteiger partial charge on any atom is 0.274 e. The Morgan fingerprint density at radius 2 is 2.24 bits per heavy atom. The lowest BCUT2D eigenvalue weighted by Gasteiger charge is -2.16. The standard InChI is InChI=1S/C16H19N3OS/c1-19(10-11-4-3-5-13(8-11)21-2)16(20)15-9-14(17-18-15)12-6-7-12/h3-5,8-9,12H,6-7,10H2,1-2H3,(H,17,18). The zero-order valence-electron chi connectivity index (χ0n) is 12.3. The number of aromatic amines is 1. The molecule has 1 fully saturated rings. The highest BCUT2D eigenvalue weighted by Gasteiger charge is 2.27. The molecule has 0 bridgehead atoms. The molecule has 0 radical (unpaired) electrons. The summed E-state index contributed by atoms with van der Waals surface area (Å²) in [5, 5.41) is 7.14. The van der Waals surface area contributed by atoms with Gasteiger partial charge in [-0.25, -0.2) is 0 Å². The molecule has 0 aliphatic heterocycles. The zero-order valence-corrected chi connectivity index (χ0v) is 13.1. The number of H-pyrrole nitrogens is 1. The largest absolute Gasteiger partial charge is 0.336 e. The first-order valence-corrected chi connectivity index (χ1v) is 8.33. The molecule has 21 heavy (non-hydrogen) atoms. The monoisotopic (exact) mass is 301 g/mol. The summed E-state index contributed by atoms with van der Waals surface area (Å²) in [6, 6.07) is 10.2. The highest BCUT2D eigenvalue weighted by atomic mass is 32.2. The van der Waals surface area contributed by atoms with Crippen molar-refractivity contribution in [1.29, 1.82) is 0 Å². The second-order valence-corrected chi connectivity index (χ2v) is 6.38. The normalized spacial score (nSPS) is 14.2. The molecule has 1 saturated carbocycles. The Kier molecular flexibility index (Phi) is 4.01. The van der Waals surface area contributed by atoms with Gasteiger partial charge in [-0.3, -0.25) is 9.89 Å². The molecule has 5 heteroatoms. The predicted octanol–water partition coefficient (Wildman–Crippen LogP) is 3.28. The predicted molar refractivity (Wildman–Crippen MR) is 84.6 cm³/mol. The number of rotatable bonds is 5. The number of thioether (sulfide) groups is 1. The maximum absolute atomic E-state index is 12.4. The summed E-state index contributed by atoms with van der Waals surface area (Å²) in [6.45, 7) is 0.596. The van der Waals surface area contributed by atoms with Crippen molar-refractivity contribution in [1.82, 2.24) is 15.1 Å². The van der Waals surface area contributed by atoms with Gasteiger partial charge in [0.05, 0.1) is 0 Å². The van der Waals surface area contributed by atoms with E-state index in [0.717, 1.165) is 11.3 Å². The molecule has 0 atom stereocenters. The zero-order chi connectivity index (χ0) is 14.8. The van der Waals surface area contributed by atoms with Crippen molar-refractivity contribution in [3.63, 3.8) is 0 Å². The highest BCUT2D eigenvalue weighted by Crippen LogP contribution is 2.39. The number of carbonyl (C=O) groups is 1. The number of benzene rings is 1. The van der Waals surface area contributed by atoms with Crippen LogP contribution in [0.15, 0.2) is 35.2 Å². The van der Waals surface area contributed by atoms with Crippen LogP contribution in [0.5, 0.6) is 0 Å². The Balaban J connectivity index is 1.68. The van der Waals surface area contributed by atoms with E-state index in [9.17, 15) is 4.79 Å². The van der Waals surface area contributed by atoms with Gasteiger partial charge in [0.25, 0.3) is 5.91 Å². The fourth-order valence-corrected chi connectivity index (χ4v) is 2.85. The van der Waals surface area contributed by atoms with Gasteiger partial charge in [0.1, 0.15) is 5.69 Å². The van der Waals surface area contributed by atoms with Gasteiger partial charge in [-0.1, -0.05) is 12.1 Å². The molecule has 4 nitrogen and oxygen atoms in total. The van der Waals surface area contributed by atoms with Crippen molar-refractivity contribution < 1.29 is 4.79 Å². The van der Waals surface area contributed by atoms with Crippen LogP contribution in [0.3, 0.4) is 0 Å². The summed E-state index contributed by atoms with van der Waals surface area (Å²) in [5.41, 5.74) is 2.74. The second-order valence-electron chi connectivity index (χ2n) is 5.50. The van der Waals surface area contributed by atoms with Gasteiger partial charge >= 0.3 is 0 Å². The van der Waals surface area contributed by atoms with Crippen LogP contribution in [0, 0.1) is 0 Å². The fraction of sp³-hybridized carbons (Fsp3) is 0.375. The number of nitrogens with one attached hydrogen (secondary N) is 1. The maximum atomic E-state index is 12.4. The van der Waals surface area contributed by atoms with Crippen LogP contribution >= 0.6 is 11.8 Å². The Morgan fingerprint density at radius 3 is 2.95 bits per heavy atom. The molecule has 110 valence electrons. The molecule has 0 saturated heterocycles. The van der Waals surface area contributed by atoms with E-state index in [-0.39, 0.29) is 5.91 Å². The number of carbonyl (C=O) groups excluding carboxylic acids is 1. The van der Waals surface area contributed by atoms with Crippen LogP contribution in [0.25, 0.3) is 0 Å². The summed E-state index contributed by atoms with van der Waals surface area (Å²) in [4.78, 5) is 15.3. The van der Waals surface area contributed by atoms with Crippen LogP contribution < -0.4 is 0 Å².